The molecule has 0 heterocycles. The molecule has 5 nitrogen and oxygen atoms in total. The summed E-state index contributed by atoms with van der Waals surface area (Å²) in [7, 11) is -4.52. The highest BCUT2D eigenvalue weighted by atomic mass is 35.5. The van der Waals surface area contributed by atoms with E-state index in [0.29, 0.717) is 0 Å². The number of halogens is 1. The molecular weight excluding hydrogens is 170 g/mol. The summed E-state index contributed by atoms with van der Waals surface area (Å²) in [5.41, 5.74) is 0. The fraction of sp³-hybridized carbons (Fsp3) is 0.500. The van der Waals surface area contributed by atoms with Crippen LogP contribution >= 0.6 is 19.4 Å². The van der Waals surface area contributed by atoms with Crippen LogP contribution in [0.25, 0.3) is 0 Å². The lowest BCUT2D eigenvalue weighted by Gasteiger charge is -1.99. The SMILES string of the molecule is O=C(Cl)COP(=O)(O)O. The monoisotopic (exact) mass is 174 g/mol. The largest absolute Gasteiger partial charge is 0.470 e. The molecule has 0 amide bonds. The number of rotatable bonds is 3. The Balaban J connectivity index is 3.53. The predicted octanol–water partition coefficient (Wildman–Crippen LogP) is -0.139. The zero-order valence-electron chi connectivity index (χ0n) is 4.15. The van der Waals surface area contributed by atoms with Crippen LogP contribution in [-0.2, 0) is 13.9 Å². The van der Waals surface area contributed by atoms with E-state index in [2.05, 4.69) is 16.1 Å². The summed E-state index contributed by atoms with van der Waals surface area (Å²) in [6.45, 7) is -0.772. The van der Waals surface area contributed by atoms with Crippen LogP contribution in [0, 0.1) is 0 Å². The minimum Gasteiger partial charge on any atom is -0.303 e. The maximum Gasteiger partial charge on any atom is 0.470 e. The third kappa shape index (κ3) is 8.07. The summed E-state index contributed by atoms with van der Waals surface area (Å²) >= 11 is 4.68. The first-order valence-corrected chi connectivity index (χ1v) is 3.71. The number of hydrogen-bond acceptors (Lipinski definition) is 3. The summed E-state index contributed by atoms with van der Waals surface area (Å²) in [5, 5.41) is -0.946. The Morgan fingerprint density at radius 3 is 2.22 bits per heavy atom. The molecule has 0 aliphatic heterocycles. The van der Waals surface area contributed by atoms with Crippen molar-refractivity contribution < 1.29 is 23.7 Å². The van der Waals surface area contributed by atoms with E-state index in [1.807, 2.05) is 0 Å². The molecule has 0 aliphatic carbocycles. The number of phosphoric acid groups is 1. The fourth-order valence-corrected chi connectivity index (χ4v) is 0.551. The Morgan fingerprint density at radius 2 is 2.11 bits per heavy atom. The molecule has 0 aromatic heterocycles. The summed E-state index contributed by atoms with van der Waals surface area (Å²) in [6, 6.07) is 0. The van der Waals surface area contributed by atoms with Gasteiger partial charge in [0.25, 0.3) is 0 Å². The maximum absolute atomic E-state index is 9.80. The van der Waals surface area contributed by atoms with E-state index < -0.39 is 19.7 Å². The molecule has 0 bridgehead atoms. The van der Waals surface area contributed by atoms with Gasteiger partial charge in [0, 0.05) is 0 Å². The Bertz CT molecular complexity index is 149. The lowest BCUT2D eigenvalue weighted by Crippen LogP contribution is -1.98. The normalized spacial score (nSPS) is 11.4. The van der Waals surface area contributed by atoms with E-state index in [9.17, 15) is 9.36 Å². The molecule has 0 atom stereocenters. The van der Waals surface area contributed by atoms with Gasteiger partial charge in [-0.25, -0.2) is 4.57 Å². The topological polar surface area (TPSA) is 83.8 Å². The highest BCUT2D eigenvalue weighted by Crippen LogP contribution is 2.35. The van der Waals surface area contributed by atoms with Crippen LogP contribution in [0.1, 0.15) is 0 Å². The lowest BCUT2D eigenvalue weighted by atomic mass is 10.8. The lowest BCUT2D eigenvalue weighted by molar-refractivity contribution is -0.113. The molecule has 0 saturated carbocycles. The van der Waals surface area contributed by atoms with Gasteiger partial charge in [-0.15, -0.1) is 0 Å². The zero-order chi connectivity index (χ0) is 7.49. The minimum atomic E-state index is -4.52. The van der Waals surface area contributed by atoms with Crippen molar-refractivity contribution in [2.24, 2.45) is 0 Å². The van der Waals surface area contributed by atoms with E-state index in [-0.39, 0.29) is 0 Å². The second-order valence-electron chi connectivity index (χ2n) is 1.12. The van der Waals surface area contributed by atoms with Crippen LogP contribution < -0.4 is 0 Å². The van der Waals surface area contributed by atoms with E-state index in [4.69, 9.17) is 9.79 Å². The molecule has 0 aromatic carbocycles. The molecular formula is C2H4ClO5P. The van der Waals surface area contributed by atoms with Crippen molar-refractivity contribution >= 4 is 24.7 Å². The van der Waals surface area contributed by atoms with Crippen LogP contribution in [0.2, 0.25) is 0 Å². The highest BCUT2D eigenvalue weighted by molar-refractivity contribution is 7.46. The van der Waals surface area contributed by atoms with E-state index in [1.165, 1.54) is 0 Å². The second-order valence-corrected chi connectivity index (χ2v) is 2.78. The molecule has 0 spiro atoms. The molecule has 54 valence electrons. The average Bonchev–Trinajstić information content (AvgIpc) is 1.59. The van der Waals surface area contributed by atoms with Gasteiger partial charge in [0.1, 0.15) is 6.61 Å². The van der Waals surface area contributed by atoms with Crippen molar-refractivity contribution in [3.05, 3.63) is 0 Å². The quantitative estimate of drug-likeness (QED) is 0.460. The number of carbonyl (C=O) groups is 1. The molecule has 0 unspecified atom stereocenters. The molecule has 0 radical (unpaired) electrons. The van der Waals surface area contributed by atoms with E-state index >= 15 is 0 Å². The van der Waals surface area contributed by atoms with Gasteiger partial charge >= 0.3 is 7.82 Å². The second kappa shape index (κ2) is 3.29. The number of carbonyl (C=O) groups excluding carboxylic acids is 1. The number of phosphoric ester groups is 1. The van der Waals surface area contributed by atoms with Crippen LogP contribution in [0.4, 0.5) is 0 Å². The van der Waals surface area contributed by atoms with Crippen molar-refractivity contribution in [3.63, 3.8) is 0 Å². The zero-order valence-corrected chi connectivity index (χ0v) is 5.80. The molecule has 2 N–H and O–H groups in total. The van der Waals surface area contributed by atoms with Gasteiger partial charge in [-0.2, -0.15) is 0 Å². The molecule has 0 aromatic rings. The van der Waals surface area contributed by atoms with Crippen molar-refractivity contribution in [3.8, 4) is 0 Å². The Hall–Kier alpha value is 0.0700. The van der Waals surface area contributed by atoms with Gasteiger partial charge in [0.2, 0.25) is 5.24 Å². The van der Waals surface area contributed by atoms with Gasteiger partial charge < -0.3 is 9.79 Å². The van der Waals surface area contributed by atoms with Crippen LogP contribution in [0.15, 0.2) is 0 Å². The summed E-state index contributed by atoms with van der Waals surface area (Å²) in [4.78, 5) is 25.7. The van der Waals surface area contributed by atoms with Crippen molar-refractivity contribution in [2.45, 2.75) is 0 Å². The van der Waals surface area contributed by atoms with Crippen molar-refractivity contribution in [2.75, 3.05) is 6.61 Å². The first-order chi connectivity index (χ1) is 3.92. The summed E-state index contributed by atoms with van der Waals surface area (Å²) in [6.07, 6.45) is 0. The fourth-order valence-electron chi connectivity index (χ4n) is 0.135. The first-order valence-electron chi connectivity index (χ1n) is 1.80. The Morgan fingerprint density at radius 1 is 1.67 bits per heavy atom. The van der Waals surface area contributed by atoms with Crippen LogP contribution in [0.3, 0.4) is 0 Å². The van der Waals surface area contributed by atoms with Crippen molar-refractivity contribution in [1.29, 1.82) is 0 Å². The Kier molecular flexibility index (Phi) is 3.32. The average molecular weight is 174 g/mol. The minimum absolute atomic E-state index is 0.772. The standard InChI is InChI=1S/C2H4ClO5P/c3-2(4)1-8-9(5,6)7/h1H2,(H2,5,6,7). The molecule has 0 saturated heterocycles. The first kappa shape index (κ1) is 9.07. The van der Waals surface area contributed by atoms with Crippen LogP contribution in [0.5, 0.6) is 0 Å². The summed E-state index contributed by atoms with van der Waals surface area (Å²) < 4.78 is 13.5. The third-order valence-electron chi connectivity index (χ3n) is 0.346. The van der Waals surface area contributed by atoms with Gasteiger partial charge in [0.05, 0.1) is 0 Å². The van der Waals surface area contributed by atoms with E-state index in [1.54, 1.807) is 0 Å². The maximum atomic E-state index is 9.80. The van der Waals surface area contributed by atoms with Gasteiger partial charge in [0.15, 0.2) is 0 Å². The predicted molar refractivity (Wildman–Crippen MR) is 28.9 cm³/mol. The van der Waals surface area contributed by atoms with E-state index in [0.717, 1.165) is 0 Å². The van der Waals surface area contributed by atoms with Gasteiger partial charge in [-0.05, 0) is 11.6 Å². The van der Waals surface area contributed by atoms with Gasteiger partial charge in [-0.3, -0.25) is 9.32 Å². The smallest absolute Gasteiger partial charge is 0.303 e. The Labute approximate surface area is 55.8 Å². The molecule has 0 rings (SSSR count). The molecule has 0 aliphatic rings. The van der Waals surface area contributed by atoms with Gasteiger partial charge in [-0.1, -0.05) is 0 Å². The number of hydrogen-bond donors (Lipinski definition) is 2. The highest BCUT2D eigenvalue weighted by Gasteiger charge is 2.14. The molecule has 9 heavy (non-hydrogen) atoms. The molecule has 0 fully saturated rings. The van der Waals surface area contributed by atoms with Crippen LogP contribution in [-0.4, -0.2) is 21.6 Å². The van der Waals surface area contributed by atoms with Crippen molar-refractivity contribution in [1.82, 2.24) is 0 Å². The molecule has 7 heteroatoms. The summed E-state index contributed by atoms with van der Waals surface area (Å²) in [5.74, 6) is 0. The third-order valence-corrected chi connectivity index (χ3v) is 0.921.